The number of ether oxygens (including phenoxy) is 1. The summed E-state index contributed by atoms with van der Waals surface area (Å²) in [6, 6.07) is 37.6. The molecule has 1 aromatic heterocycles. The van der Waals surface area contributed by atoms with Gasteiger partial charge in [-0.3, -0.25) is 9.36 Å². The second kappa shape index (κ2) is 13.6. The Bertz CT molecular complexity index is 2100. The molecule has 248 valence electrons. The maximum absolute atomic E-state index is 12.7. The average Bonchev–Trinajstić information content (AvgIpc) is 3.44. The number of phenols is 1. The fourth-order valence-electron chi connectivity index (χ4n) is 6.04. The molecule has 0 amide bonds. The molecule has 1 N–H and O–H groups in total. The molecule has 5 nitrogen and oxygen atoms in total. The van der Waals surface area contributed by atoms with Crippen LogP contribution >= 0.6 is 0 Å². The first-order valence-corrected chi connectivity index (χ1v) is 16.1. The second-order valence-electron chi connectivity index (χ2n) is 13.9. The number of carbonyl (C=O) groups excluding carboxylic acids is 1. The van der Waals surface area contributed by atoms with E-state index in [4.69, 9.17) is 9.72 Å². The molecule has 6 aromatic rings. The minimum atomic E-state index is -0.414. The summed E-state index contributed by atoms with van der Waals surface area (Å²) in [5.41, 5.74) is 8.74. The van der Waals surface area contributed by atoms with Gasteiger partial charge >= 0.3 is 0 Å². The minimum absolute atomic E-state index is 0. The third-order valence-electron chi connectivity index (χ3n) is 8.52. The number of phenolic OH excluding ortho intramolecular Hbond substituents is 1. The van der Waals surface area contributed by atoms with E-state index in [1.165, 1.54) is 0 Å². The van der Waals surface area contributed by atoms with Gasteiger partial charge in [0.2, 0.25) is 0 Å². The van der Waals surface area contributed by atoms with Gasteiger partial charge in [-0.2, -0.15) is 0 Å². The van der Waals surface area contributed by atoms with E-state index in [9.17, 15) is 9.90 Å². The van der Waals surface area contributed by atoms with Crippen molar-refractivity contribution in [2.75, 3.05) is 6.61 Å². The smallest absolute Gasteiger partial charge is 0.268 e. The van der Waals surface area contributed by atoms with E-state index < -0.39 is 5.97 Å². The number of hydrogen-bond acceptors (Lipinski definition) is 4. The van der Waals surface area contributed by atoms with E-state index in [1.54, 1.807) is 13.0 Å². The predicted octanol–water partition coefficient (Wildman–Crippen LogP) is 10.3. The zero-order valence-corrected chi connectivity index (χ0v) is 30.8. The molecule has 0 fully saturated rings. The molecule has 5 aromatic carbocycles. The van der Waals surface area contributed by atoms with Gasteiger partial charge in [0.05, 0.1) is 28.9 Å². The minimum Gasteiger partial charge on any atom is -0.507 e. The fraction of sp³-hybridized carbons (Fsp3) is 0.238. The predicted molar refractivity (Wildman–Crippen MR) is 191 cm³/mol. The van der Waals surface area contributed by atoms with Crippen molar-refractivity contribution in [1.29, 1.82) is 0 Å². The zero-order valence-electron chi connectivity index (χ0n) is 28.5. The molecule has 0 saturated carbocycles. The van der Waals surface area contributed by atoms with Gasteiger partial charge in [0.1, 0.15) is 11.6 Å². The van der Waals surface area contributed by atoms with Crippen LogP contribution in [0.4, 0.5) is 0 Å². The van der Waals surface area contributed by atoms with Crippen molar-refractivity contribution in [3.8, 4) is 45.1 Å². The summed E-state index contributed by atoms with van der Waals surface area (Å²) in [5.74, 6) is 0.436. The van der Waals surface area contributed by atoms with Gasteiger partial charge in [-0.25, -0.2) is 4.98 Å². The Hall–Kier alpha value is -4.47. The number of carbonyl (C=O) groups is 1. The van der Waals surface area contributed by atoms with Gasteiger partial charge < -0.3 is 9.84 Å². The Labute approximate surface area is 297 Å². The van der Waals surface area contributed by atoms with Gasteiger partial charge in [-0.1, -0.05) is 114 Å². The molecule has 0 aliphatic carbocycles. The molecule has 6 rings (SSSR count). The van der Waals surface area contributed by atoms with Gasteiger partial charge in [0, 0.05) is 32.2 Å². The van der Waals surface area contributed by atoms with Gasteiger partial charge in [0.15, 0.2) is 0 Å². The number of fused-ring (bicyclic) bond motifs is 1. The van der Waals surface area contributed by atoms with Crippen molar-refractivity contribution < 1.29 is 35.7 Å². The summed E-state index contributed by atoms with van der Waals surface area (Å²) in [6.07, 6.45) is 0. The number of para-hydroxylation sites is 2. The van der Waals surface area contributed by atoms with Crippen LogP contribution in [0.15, 0.2) is 103 Å². The number of rotatable bonds is 6. The van der Waals surface area contributed by atoms with Crippen LogP contribution < -0.4 is 0 Å². The largest absolute Gasteiger partial charge is 0.507 e. The Morgan fingerprint density at radius 2 is 1.46 bits per heavy atom. The number of esters is 1. The summed E-state index contributed by atoms with van der Waals surface area (Å²) < 4.78 is 7.43. The number of hydrogen-bond donors (Lipinski definition) is 1. The van der Waals surface area contributed by atoms with E-state index in [1.807, 2.05) is 54.6 Å². The average molecular weight is 817 g/mol. The molecule has 0 radical (unpaired) electrons. The summed E-state index contributed by atoms with van der Waals surface area (Å²) in [6.45, 7) is 15.0. The van der Waals surface area contributed by atoms with Crippen molar-refractivity contribution >= 4 is 17.0 Å². The first-order valence-electron chi connectivity index (χ1n) is 16.1. The Morgan fingerprint density at radius 1 is 0.792 bits per heavy atom. The molecule has 0 aliphatic rings. The van der Waals surface area contributed by atoms with Gasteiger partial charge in [-0.15, -0.1) is 29.8 Å². The SMILES string of the molecule is CCOC(=O)c1[c-]c(-c2cccc3c2nc(-c2cc(C(C)(C)C)cc(C(C)(C)C)c2O)n3-c2ccccc2-c2ccccc2)ccc1.[Pt]. The zero-order chi connectivity index (χ0) is 33.5. The molecule has 1 heterocycles. The Balaban J connectivity index is 0.00000451. The molecule has 48 heavy (non-hydrogen) atoms. The van der Waals surface area contributed by atoms with Gasteiger partial charge in [0.25, 0.3) is 5.97 Å². The Kier molecular flexibility index (Phi) is 9.85. The van der Waals surface area contributed by atoms with Crippen LogP contribution in [0.5, 0.6) is 5.75 Å². The summed E-state index contributed by atoms with van der Waals surface area (Å²) in [4.78, 5) is 18.0. The maximum Gasteiger partial charge on any atom is 0.268 e. The van der Waals surface area contributed by atoms with Crippen LogP contribution in [0, 0.1) is 6.07 Å². The number of benzene rings is 5. The molecule has 6 heteroatoms. The van der Waals surface area contributed by atoms with E-state index in [-0.39, 0.29) is 44.3 Å². The van der Waals surface area contributed by atoms with Crippen LogP contribution in [0.25, 0.3) is 50.4 Å². The second-order valence-corrected chi connectivity index (χ2v) is 13.9. The quantitative estimate of drug-likeness (QED) is 0.134. The van der Waals surface area contributed by atoms with Crippen molar-refractivity contribution in [2.45, 2.75) is 59.3 Å². The van der Waals surface area contributed by atoms with Crippen LogP contribution in [-0.4, -0.2) is 27.2 Å². The van der Waals surface area contributed by atoms with Crippen LogP contribution in [0.2, 0.25) is 0 Å². The van der Waals surface area contributed by atoms with Gasteiger partial charge in [-0.05, 0) is 52.6 Å². The molecule has 0 unspecified atom stereocenters. The third-order valence-corrected chi connectivity index (χ3v) is 8.52. The number of nitrogens with zero attached hydrogens (tertiary/aromatic N) is 2. The Morgan fingerprint density at radius 3 is 2.15 bits per heavy atom. The van der Waals surface area contributed by atoms with Crippen LogP contribution in [0.1, 0.15) is 70.0 Å². The molecular formula is C42H41N2O3Pt-. The molecule has 0 aliphatic heterocycles. The molecular weight excluding hydrogens is 776 g/mol. The summed E-state index contributed by atoms with van der Waals surface area (Å²) in [7, 11) is 0. The standard InChI is InChI=1S/C42H41N2O3.Pt/c1-8-47-40(46)29-19-14-18-28(24-29)32-21-15-23-36-37(32)43-39(33-25-30(41(2,3)4)26-34(38(33)45)42(5,6)7)44(36)35-22-13-12-20-31(35)27-16-10-9-11-17-27;/h9-23,25-26,45H,8H2,1-7H3;/q-1;. The summed E-state index contributed by atoms with van der Waals surface area (Å²) >= 11 is 0. The van der Waals surface area contributed by atoms with E-state index in [0.29, 0.717) is 17.0 Å². The first kappa shape index (κ1) is 34.9. The van der Waals surface area contributed by atoms with Crippen LogP contribution in [0.3, 0.4) is 0 Å². The third kappa shape index (κ3) is 6.62. The summed E-state index contributed by atoms with van der Waals surface area (Å²) in [5, 5.41) is 12.1. The normalized spacial score (nSPS) is 11.7. The maximum atomic E-state index is 12.7. The number of aromatic hydroxyl groups is 1. The first-order chi connectivity index (χ1) is 22.4. The van der Waals surface area contributed by atoms with Crippen LogP contribution in [-0.2, 0) is 36.6 Å². The monoisotopic (exact) mass is 816 g/mol. The molecule has 0 saturated heterocycles. The van der Waals surface area contributed by atoms with Crippen molar-refractivity contribution in [3.63, 3.8) is 0 Å². The van der Waals surface area contributed by atoms with E-state index in [2.05, 4.69) is 94.6 Å². The van der Waals surface area contributed by atoms with Crippen molar-refractivity contribution in [3.05, 3.63) is 126 Å². The fourth-order valence-corrected chi connectivity index (χ4v) is 6.04. The number of imidazole rings is 1. The van der Waals surface area contributed by atoms with Crippen molar-refractivity contribution in [1.82, 2.24) is 9.55 Å². The molecule has 0 bridgehead atoms. The van der Waals surface area contributed by atoms with E-state index in [0.717, 1.165) is 50.1 Å². The van der Waals surface area contributed by atoms with Crippen molar-refractivity contribution in [2.24, 2.45) is 0 Å². The topological polar surface area (TPSA) is 64.3 Å². The molecule has 0 spiro atoms. The van der Waals surface area contributed by atoms with E-state index >= 15 is 0 Å². The molecule has 0 atom stereocenters. The number of aromatic nitrogens is 2.